The molecule has 6 nitrogen and oxygen atoms in total. The Balaban J connectivity index is 1.71. The summed E-state index contributed by atoms with van der Waals surface area (Å²) in [5.74, 6) is 0.566. The van der Waals surface area contributed by atoms with Gasteiger partial charge in [-0.25, -0.2) is 4.98 Å². The molecule has 2 heterocycles. The van der Waals surface area contributed by atoms with Crippen LogP contribution in [0.3, 0.4) is 0 Å². The highest BCUT2D eigenvalue weighted by atomic mass is 79.9. The highest BCUT2D eigenvalue weighted by Crippen LogP contribution is 2.33. The van der Waals surface area contributed by atoms with E-state index >= 15 is 0 Å². The van der Waals surface area contributed by atoms with Crippen molar-refractivity contribution in [2.24, 2.45) is 0 Å². The van der Waals surface area contributed by atoms with E-state index < -0.39 is 0 Å². The normalized spacial score (nSPS) is 16.8. The first-order valence-corrected chi connectivity index (χ1v) is 9.10. The molecule has 0 radical (unpaired) electrons. The van der Waals surface area contributed by atoms with Gasteiger partial charge in [0.25, 0.3) is 0 Å². The van der Waals surface area contributed by atoms with E-state index in [0.29, 0.717) is 41.8 Å². The number of nitrogens with one attached hydrogen (secondary N) is 2. The zero-order valence-corrected chi connectivity index (χ0v) is 16.0. The molecule has 1 saturated heterocycles. The lowest BCUT2D eigenvalue weighted by Gasteiger charge is -2.13. The fourth-order valence-electron chi connectivity index (χ4n) is 2.71. The third kappa shape index (κ3) is 4.29. The molecule has 25 heavy (non-hydrogen) atoms. The second-order valence-corrected chi connectivity index (χ2v) is 6.98. The van der Waals surface area contributed by atoms with Crippen LogP contribution in [0.25, 0.3) is 11.3 Å². The predicted octanol–water partition coefficient (Wildman–Crippen LogP) is 2.94. The van der Waals surface area contributed by atoms with Gasteiger partial charge in [0.2, 0.25) is 11.8 Å². The summed E-state index contributed by atoms with van der Waals surface area (Å²) >= 11 is 9.74. The summed E-state index contributed by atoms with van der Waals surface area (Å²) in [7, 11) is 1.57. The van der Waals surface area contributed by atoms with Gasteiger partial charge in [-0.05, 0) is 28.4 Å². The molecular weight excluding hydrogens is 408 g/mol. The van der Waals surface area contributed by atoms with E-state index in [1.165, 1.54) is 0 Å². The maximum atomic E-state index is 11.2. The maximum absolute atomic E-state index is 11.2. The standard InChI is InChI=1S/C17H18BrClN4O2/c1-25-17-14(8-20-7-10-5-6-15(24)22-10)21-9-13(23-17)11-3-2-4-12(18)16(11)19/h2-4,9-10,20H,5-8H2,1H3,(H,22,24). The number of methoxy groups -OCH3 is 1. The van der Waals surface area contributed by atoms with Crippen molar-refractivity contribution in [1.82, 2.24) is 20.6 Å². The Morgan fingerprint density at radius 1 is 1.48 bits per heavy atom. The summed E-state index contributed by atoms with van der Waals surface area (Å²) in [5, 5.41) is 6.80. The molecule has 3 rings (SSSR count). The minimum Gasteiger partial charge on any atom is -0.480 e. The van der Waals surface area contributed by atoms with Crippen LogP contribution in [0.1, 0.15) is 18.5 Å². The number of halogens is 2. The van der Waals surface area contributed by atoms with Gasteiger partial charge >= 0.3 is 0 Å². The first kappa shape index (κ1) is 18.1. The van der Waals surface area contributed by atoms with E-state index in [1.54, 1.807) is 13.3 Å². The van der Waals surface area contributed by atoms with Crippen LogP contribution in [0.2, 0.25) is 5.02 Å². The van der Waals surface area contributed by atoms with Crippen molar-refractivity contribution >= 4 is 33.4 Å². The van der Waals surface area contributed by atoms with Crippen molar-refractivity contribution in [1.29, 1.82) is 0 Å². The Morgan fingerprint density at radius 2 is 2.32 bits per heavy atom. The molecule has 0 saturated carbocycles. The van der Waals surface area contributed by atoms with Gasteiger partial charge in [0.05, 0.1) is 24.0 Å². The number of hydrogen-bond donors (Lipinski definition) is 2. The third-order valence-corrected chi connectivity index (χ3v) is 5.30. The molecule has 1 aliphatic heterocycles. The summed E-state index contributed by atoms with van der Waals surface area (Å²) in [6.45, 7) is 1.20. The third-order valence-electron chi connectivity index (χ3n) is 4.00. The summed E-state index contributed by atoms with van der Waals surface area (Å²) in [6.07, 6.45) is 3.14. The Labute approximate surface area is 159 Å². The van der Waals surface area contributed by atoms with Gasteiger partial charge in [-0.1, -0.05) is 23.7 Å². The molecule has 1 unspecified atom stereocenters. The Bertz CT molecular complexity index is 787. The zero-order valence-electron chi connectivity index (χ0n) is 13.7. The smallest absolute Gasteiger partial charge is 0.237 e. The van der Waals surface area contributed by atoms with E-state index in [9.17, 15) is 4.79 Å². The number of carbonyl (C=O) groups is 1. The maximum Gasteiger partial charge on any atom is 0.237 e. The molecule has 2 N–H and O–H groups in total. The number of hydrogen-bond acceptors (Lipinski definition) is 5. The molecule has 1 aromatic carbocycles. The van der Waals surface area contributed by atoms with Gasteiger partial charge < -0.3 is 15.4 Å². The van der Waals surface area contributed by atoms with Crippen molar-refractivity contribution in [3.05, 3.63) is 39.6 Å². The molecule has 0 aliphatic carbocycles. The van der Waals surface area contributed by atoms with Crippen LogP contribution < -0.4 is 15.4 Å². The molecule has 1 amide bonds. The van der Waals surface area contributed by atoms with Gasteiger partial charge in [-0.15, -0.1) is 0 Å². The molecule has 1 fully saturated rings. The average molecular weight is 426 g/mol. The van der Waals surface area contributed by atoms with Crippen molar-refractivity contribution in [2.75, 3.05) is 13.7 Å². The molecule has 0 bridgehead atoms. The van der Waals surface area contributed by atoms with E-state index in [-0.39, 0.29) is 11.9 Å². The van der Waals surface area contributed by atoms with E-state index in [4.69, 9.17) is 16.3 Å². The minimum absolute atomic E-state index is 0.111. The van der Waals surface area contributed by atoms with E-state index in [0.717, 1.165) is 16.5 Å². The number of nitrogens with zero attached hydrogens (tertiary/aromatic N) is 2. The number of rotatable bonds is 6. The molecule has 1 atom stereocenters. The Hall–Kier alpha value is -1.70. The highest BCUT2D eigenvalue weighted by molar-refractivity contribution is 9.10. The molecule has 1 aromatic heterocycles. The fraction of sp³-hybridized carbons (Fsp3) is 0.353. The quantitative estimate of drug-likeness (QED) is 0.744. The number of aromatic nitrogens is 2. The lowest BCUT2D eigenvalue weighted by Crippen LogP contribution is -2.35. The van der Waals surface area contributed by atoms with Crippen LogP contribution in [0.4, 0.5) is 0 Å². The summed E-state index contributed by atoms with van der Waals surface area (Å²) in [6, 6.07) is 5.82. The molecule has 8 heteroatoms. The lowest BCUT2D eigenvalue weighted by atomic mass is 10.1. The van der Waals surface area contributed by atoms with Crippen molar-refractivity contribution in [3.63, 3.8) is 0 Å². The molecular formula is C17H18BrClN4O2. The summed E-state index contributed by atoms with van der Waals surface area (Å²) < 4.78 is 6.18. The minimum atomic E-state index is 0.111. The van der Waals surface area contributed by atoms with Crippen LogP contribution >= 0.6 is 27.5 Å². The van der Waals surface area contributed by atoms with Gasteiger partial charge in [0.15, 0.2) is 0 Å². The molecule has 0 spiro atoms. The molecule has 132 valence electrons. The van der Waals surface area contributed by atoms with E-state index in [1.807, 2.05) is 18.2 Å². The van der Waals surface area contributed by atoms with Gasteiger partial charge in [-0.2, -0.15) is 0 Å². The summed E-state index contributed by atoms with van der Waals surface area (Å²) in [5.41, 5.74) is 2.15. The second kappa shape index (κ2) is 8.12. The second-order valence-electron chi connectivity index (χ2n) is 5.75. The highest BCUT2D eigenvalue weighted by Gasteiger charge is 2.20. The number of carbonyl (C=O) groups excluding carboxylic acids is 1. The van der Waals surface area contributed by atoms with Crippen LogP contribution in [0.5, 0.6) is 5.88 Å². The Kier molecular flexibility index (Phi) is 5.88. The zero-order chi connectivity index (χ0) is 17.8. The number of benzene rings is 1. The first-order chi connectivity index (χ1) is 12.1. The molecule has 1 aliphatic rings. The Morgan fingerprint density at radius 3 is 3.04 bits per heavy atom. The monoisotopic (exact) mass is 424 g/mol. The van der Waals surface area contributed by atoms with Crippen LogP contribution in [-0.4, -0.2) is 35.6 Å². The molecule has 2 aromatic rings. The summed E-state index contributed by atoms with van der Waals surface area (Å²) in [4.78, 5) is 20.2. The van der Waals surface area contributed by atoms with Gasteiger partial charge in [0, 0.05) is 35.6 Å². The van der Waals surface area contributed by atoms with E-state index in [2.05, 4.69) is 36.5 Å². The lowest BCUT2D eigenvalue weighted by molar-refractivity contribution is -0.119. The SMILES string of the molecule is COc1nc(-c2cccc(Br)c2Cl)cnc1CNCC1CCC(=O)N1. The van der Waals surface area contributed by atoms with Crippen molar-refractivity contribution < 1.29 is 9.53 Å². The van der Waals surface area contributed by atoms with Crippen molar-refractivity contribution in [2.45, 2.75) is 25.4 Å². The largest absolute Gasteiger partial charge is 0.480 e. The van der Waals surface area contributed by atoms with Gasteiger partial charge in [0.1, 0.15) is 5.69 Å². The first-order valence-electron chi connectivity index (χ1n) is 7.93. The van der Waals surface area contributed by atoms with Crippen LogP contribution in [0, 0.1) is 0 Å². The number of amides is 1. The van der Waals surface area contributed by atoms with Crippen molar-refractivity contribution in [3.8, 4) is 17.1 Å². The van der Waals surface area contributed by atoms with Crippen LogP contribution in [0.15, 0.2) is 28.9 Å². The fourth-order valence-corrected chi connectivity index (χ4v) is 3.30. The van der Waals surface area contributed by atoms with Crippen LogP contribution in [-0.2, 0) is 11.3 Å². The topological polar surface area (TPSA) is 76.1 Å². The predicted molar refractivity (Wildman–Crippen MR) is 99.6 cm³/mol. The van der Waals surface area contributed by atoms with Gasteiger partial charge in [-0.3, -0.25) is 9.78 Å². The average Bonchev–Trinajstić information content (AvgIpc) is 3.03. The number of ether oxygens (including phenoxy) is 1.